The van der Waals surface area contributed by atoms with Crippen LogP contribution in [0.1, 0.15) is 40.9 Å². The standard InChI is InChI=1S/C18H21NO4/c1-5-22-18(21)16-10(2)23-15-7-6-11(8-14(15)16)12-9-13(12)17(20)19(3)4/h6-8,12-13H,5,9H2,1-4H3/t12-,13+/m0/s1. The average molecular weight is 315 g/mol. The number of aryl methyl sites for hydroxylation is 1. The molecule has 5 heteroatoms. The third-order valence-electron chi connectivity index (χ3n) is 4.34. The highest BCUT2D eigenvalue weighted by Crippen LogP contribution is 2.49. The zero-order valence-electron chi connectivity index (χ0n) is 13.9. The number of rotatable bonds is 4. The number of amides is 1. The van der Waals surface area contributed by atoms with Crippen molar-refractivity contribution in [2.45, 2.75) is 26.2 Å². The van der Waals surface area contributed by atoms with Gasteiger partial charge in [-0.05, 0) is 43.9 Å². The number of esters is 1. The fraction of sp³-hybridized carbons (Fsp3) is 0.444. The summed E-state index contributed by atoms with van der Waals surface area (Å²) < 4.78 is 10.8. The van der Waals surface area contributed by atoms with Crippen molar-refractivity contribution in [3.8, 4) is 0 Å². The van der Waals surface area contributed by atoms with Crippen LogP contribution in [0, 0.1) is 12.8 Å². The summed E-state index contributed by atoms with van der Waals surface area (Å²) in [5.74, 6) is 0.620. The first-order valence-corrected chi connectivity index (χ1v) is 7.85. The number of furan rings is 1. The molecule has 3 rings (SSSR count). The lowest BCUT2D eigenvalue weighted by Gasteiger charge is -2.09. The molecule has 122 valence electrons. The topological polar surface area (TPSA) is 59.8 Å². The van der Waals surface area contributed by atoms with E-state index in [1.54, 1.807) is 32.8 Å². The van der Waals surface area contributed by atoms with Crippen LogP contribution in [0.15, 0.2) is 22.6 Å². The molecule has 0 bridgehead atoms. The number of carbonyl (C=O) groups excluding carboxylic acids is 2. The lowest BCUT2D eigenvalue weighted by atomic mass is 10.0. The molecule has 1 saturated carbocycles. The van der Waals surface area contributed by atoms with Crippen molar-refractivity contribution in [3.63, 3.8) is 0 Å². The summed E-state index contributed by atoms with van der Waals surface area (Å²) in [5.41, 5.74) is 2.23. The summed E-state index contributed by atoms with van der Waals surface area (Å²) in [4.78, 5) is 25.8. The molecule has 1 heterocycles. The highest BCUT2D eigenvalue weighted by atomic mass is 16.5. The predicted molar refractivity (Wildman–Crippen MR) is 86.4 cm³/mol. The summed E-state index contributed by atoms with van der Waals surface area (Å²) in [7, 11) is 3.55. The third kappa shape index (κ3) is 2.71. The number of carbonyl (C=O) groups is 2. The summed E-state index contributed by atoms with van der Waals surface area (Å²) in [5, 5.41) is 0.765. The van der Waals surface area contributed by atoms with Gasteiger partial charge in [0.1, 0.15) is 16.9 Å². The van der Waals surface area contributed by atoms with Crippen molar-refractivity contribution in [3.05, 3.63) is 35.1 Å². The molecule has 23 heavy (non-hydrogen) atoms. The largest absolute Gasteiger partial charge is 0.462 e. The first-order valence-electron chi connectivity index (χ1n) is 7.85. The molecule has 1 aromatic carbocycles. The van der Waals surface area contributed by atoms with Crippen molar-refractivity contribution >= 4 is 22.8 Å². The molecule has 1 aliphatic rings. The van der Waals surface area contributed by atoms with E-state index < -0.39 is 0 Å². The van der Waals surface area contributed by atoms with Crippen LogP contribution in [0.25, 0.3) is 11.0 Å². The van der Waals surface area contributed by atoms with Crippen LogP contribution in [-0.2, 0) is 9.53 Å². The van der Waals surface area contributed by atoms with Gasteiger partial charge in [-0.1, -0.05) is 6.07 Å². The van der Waals surface area contributed by atoms with Gasteiger partial charge in [0.15, 0.2) is 0 Å². The molecule has 2 atom stereocenters. The van der Waals surface area contributed by atoms with Gasteiger partial charge in [0.05, 0.1) is 6.61 Å². The van der Waals surface area contributed by atoms with Gasteiger partial charge in [0.2, 0.25) is 5.91 Å². The molecule has 1 amide bonds. The van der Waals surface area contributed by atoms with Gasteiger partial charge < -0.3 is 14.1 Å². The van der Waals surface area contributed by atoms with Crippen LogP contribution in [0.5, 0.6) is 0 Å². The van der Waals surface area contributed by atoms with Crippen molar-refractivity contribution in [2.75, 3.05) is 20.7 Å². The Morgan fingerprint density at radius 1 is 1.35 bits per heavy atom. The first-order chi connectivity index (χ1) is 10.9. The van der Waals surface area contributed by atoms with E-state index in [0.29, 0.717) is 23.5 Å². The van der Waals surface area contributed by atoms with Gasteiger partial charge in [-0.3, -0.25) is 4.79 Å². The SMILES string of the molecule is CCOC(=O)c1c(C)oc2ccc([C@@H]3C[C@H]3C(=O)N(C)C)cc12. The van der Waals surface area contributed by atoms with E-state index in [2.05, 4.69) is 0 Å². The maximum atomic E-state index is 12.2. The van der Waals surface area contributed by atoms with Gasteiger partial charge in [-0.2, -0.15) is 0 Å². The molecule has 2 aromatic rings. The highest BCUT2D eigenvalue weighted by molar-refractivity contribution is 6.04. The van der Waals surface area contributed by atoms with Crippen LogP contribution < -0.4 is 0 Å². The first kappa shape index (κ1) is 15.6. The van der Waals surface area contributed by atoms with Crippen LogP contribution >= 0.6 is 0 Å². The minimum atomic E-state index is -0.363. The smallest absolute Gasteiger partial charge is 0.342 e. The zero-order valence-corrected chi connectivity index (χ0v) is 13.9. The second-order valence-electron chi connectivity index (χ2n) is 6.19. The van der Waals surface area contributed by atoms with E-state index in [1.165, 1.54) is 0 Å². The van der Waals surface area contributed by atoms with Gasteiger partial charge in [0.25, 0.3) is 0 Å². The fourth-order valence-electron chi connectivity index (χ4n) is 3.09. The molecule has 0 unspecified atom stereocenters. The second kappa shape index (κ2) is 5.72. The molecular formula is C18H21NO4. The summed E-state index contributed by atoms with van der Waals surface area (Å²) in [6.07, 6.45) is 0.855. The van der Waals surface area contributed by atoms with E-state index >= 15 is 0 Å². The van der Waals surface area contributed by atoms with E-state index in [4.69, 9.17) is 9.15 Å². The van der Waals surface area contributed by atoms with E-state index in [-0.39, 0.29) is 23.7 Å². The molecule has 1 aliphatic carbocycles. The second-order valence-corrected chi connectivity index (χ2v) is 6.19. The lowest BCUT2D eigenvalue weighted by Crippen LogP contribution is -2.23. The summed E-state index contributed by atoms with van der Waals surface area (Å²) >= 11 is 0. The summed E-state index contributed by atoms with van der Waals surface area (Å²) in [6, 6.07) is 5.81. The van der Waals surface area contributed by atoms with Crippen LogP contribution in [0.3, 0.4) is 0 Å². The number of benzene rings is 1. The highest BCUT2D eigenvalue weighted by Gasteiger charge is 2.44. The Balaban J connectivity index is 1.95. The molecule has 0 N–H and O–H groups in total. The number of ether oxygens (including phenoxy) is 1. The normalized spacial score (nSPS) is 19.7. The van der Waals surface area contributed by atoms with Crippen molar-refractivity contribution < 1.29 is 18.7 Å². The molecule has 0 saturated heterocycles. The van der Waals surface area contributed by atoms with Crippen molar-refractivity contribution in [1.29, 1.82) is 0 Å². The Kier molecular flexibility index (Phi) is 3.88. The van der Waals surface area contributed by atoms with Gasteiger partial charge in [-0.25, -0.2) is 4.79 Å². The fourth-order valence-corrected chi connectivity index (χ4v) is 3.09. The van der Waals surface area contributed by atoms with Gasteiger partial charge >= 0.3 is 5.97 Å². The maximum absolute atomic E-state index is 12.2. The molecule has 0 spiro atoms. The van der Waals surface area contributed by atoms with E-state index in [9.17, 15) is 9.59 Å². The number of hydrogen-bond donors (Lipinski definition) is 0. The molecule has 5 nitrogen and oxygen atoms in total. The molecule has 0 aliphatic heterocycles. The van der Waals surface area contributed by atoms with Crippen LogP contribution in [0.2, 0.25) is 0 Å². The Bertz CT molecular complexity index is 775. The Labute approximate surface area is 135 Å². The number of hydrogen-bond acceptors (Lipinski definition) is 4. The van der Waals surface area contributed by atoms with Crippen molar-refractivity contribution in [1.82, 2.24) is 4.90 Å². The maximum Gasteiger partial charge on any atom is 0.342 e. The Morgan fingerprint density at radius 2 is 2.09 bits per heavy atom. The van der Waals surface area contributed by atoms with E-state index in [1.807, 2.05) is 18.2 Å². The van der Waals surface area contributed by atoms with E-state index in [0.717, 1.165) is 17.4 Å². The lowest BCUT2D eigenvalue weighted by molar-refractivity contribution is -0.130. The third-order valence-corrected chi connectivity index (χ3v) is 4.34. The van der Waals surface area contributed by atoms with Crippen LogP contribution in [-0.4, -0.2) is 37.5 Å². The van der Waals surface area contributed by atoms with Gasteiger partial charge in [0, 0.05) is 25.4 Å². The van der Waals surface area contributed by atoms with Crippen molar-refractivity contribution in [2.24, 2.45) is 5.92 Å². The Morgan fingerprint density at radius 3 is 2.74 bits per heavy atom. The minimum Gasteiger partial charge on any atom is -0.462 e. The average Bonchev–Trinajstić information content (AvgIpc) is 3.22. The minimum absolute atomic E-state index is 0.0430. The predicted octanol–water partition coefficient (Wildman–Crippen LogP) is 3.11. The van der Waals surface area contributed by atoms with Gasteiger partial charge in [-0.15, -0.1) is 0 Å². The number of nitrogens with zero attached hydrogens (tertiary/aromatic N) is 1. The van der Waals surface area contributed by atoms with Crippen LogP contribution in [0.4, 0.5) is 0 Å². The molecule has 0 radical (unpaired) electrons. The Hall–Kier alpha value is -2.30. The number of fused-ring (bicyclic) bond motifs is 1. The zero-order chi connectivity index (χ0) is 16.7. The summed E-state index contributed by atoms with van der Waals surface area (Å²) in [6.45, 7) is 3.87. The molecule has 1 fully saturated rings. The molecule has 1 aromatic heterocycles. The quantitative estimate of drug-likeness (QED) is 0.813. The monoisotopic (exact) mass is 315 g/mol. The molecular weight excluding hydrogens is 294 g/mol.